The van der Waals surface area contributed by atoms with Gasteiger partial charge in [-0.05, 0) is 0 Å². The molecule has 84 valence electrons. The number of epoxide rings is 1. The normalized spacial score (nSPS) is 25.9. The molecule has 1 saturated heterocycles. The molecule has 0 aromatic carbocycles. The Bertz CT molecular complexity index is 234. The average molecular weight is 224 g/mol. The Labute approximate surface area is 84.7 Å². The van der Waals surface area contributed by atoms with Crippen LogP contribution in [0.4, 0.5) is 0 Å². The van der Waals surface area contributed by atoms with E-state index in [0.717, 1.165) is 11.0 Å². The second-order valence-electron chi connectivity index (χ2n) is 4.62. The van der Waals surface area contributed by atoms with Crippen LogP contribution >= 0.6 is 7.60 Å². The predicted molar refractivity (Wildman–Crippen MR) is 53.3 cm³/mol. The lowest BCUT2D eigenvalue weighted by Crippen LogP contribution is -2.37. The van der Waals surface area contributed by atoms with Crippen molar-refractivity contribution in [2.45, 2.75) is 6.10 Å². The standard InChI is InChI=1S/C8H18NO4P/c1-9(2,3)4-5-13-14(10,11)7-8-6-12-8/h8H,4-7H2,1-3H3/p+1. The molecule has 5 nitrogen and oxygen atoms in total. The number of quaternary nitrogens is 1. The Morgan fingerprint density at radius 2 is 2.14 bits per heavy atom. The minimum Gasteiger partial charge on any atom is -0.372 e. The first-order chi connectivity index (χ1) is 6.29. The summed E-state index contributed by atoms with van der Waals surface area (Å²) in [5, 5.41) is 0. The molecule has 6 heteroatoms. The van der Waals surface area contributed by atoms with Crippen LogP contribution in [0.3, 0.4) is 0 Å². The highest BCUT2D eigenvalue weighted by Gasteiger charge is 2.33. The van der Waals surface area contributed by atoms with E-state index in [1.54, 1.807) is 0 Å². The van der Waals surface area contributed by atoms with Crippen molar-refractivity contribution >= 4 is 7.60 Å². The number of nitrogens with zero attached hydrogens (tertiary/aromatic N) is 1. The molecular formula is C8H19NO4P+. The molecule has 1 rings (SSSR count). The van der Waals surface area contributed by atoms with Gasteiger partial charge in [-0.1, -0.05) is 0 Å². The number of hydrogen-bond donors (Lipinski definition) is 1. The van der Waals surface area contributed by atoms with Gasteiger partial charge in [0.25, 0.3) is 0 Å². The van der Waals surface area contributed by atoms with Crippen molar-refractivity contribution in [2.75, 3.05) is 47.1 Å². The van der Waals surface area contributed by atoms with Crippen LogP contribution in [0.15, 0.2) is 0 Å². The highest BCUT2D eigenvalue weighted by Crippen LogP contribution is 2.44. The van der Waals surface area contributed by atoms with E-state index in [0.29, 0.717) is 13.2 Å². The lowest BCUT2D eigenvalue weighted by molar-refractivity contribution is -0.870. The van der Waals surface area contributed by atoms with Gasteiger partial charge in [-0.15, -0.1) is 0 Å². The molecule has 0 aliphatic carbocycles. The molecule has 0 aromatic rings. The van der Waals surface area contributed by atoms with Crippen LogP contribution in [0.1, 0.15) is 0 Å². The fraction of sp³-hybridized carbons (Fsp3) is 1.00. The Hall–Kier alpha value is 0.0700. The van der Waals surface area contributed by atoms with E-state index < -0.39 is 7.60 Å². The fourth-order valence-corrected chi connectivity index (χ4v) is 2.14. The van der Waals surface area contributed by atoms with Gasteiger partial charge >= 0.3 is 7.60 Å². The lowest BCUT2D eigenvalue weighted by Gasteiger charge is -2.24. The fourth-order valence-electron chi connectivity index (χ4n) is 0.941. The molecule has 1 fully saturated rings. The summed E-state index contributed by atoms with van der Waals surface area (Å²) in [7, 11) is 2.62. The van der Waals surface area contributed by atoms with Gasteiger partial charge in [-0.2, -0.15) is 0 Å². The van der Waals surface area contributed by atoms with Gasteiger partial charge in [0.2, 0.25) is 0 Å². The van der Waals surface area contributed by atoms with Crippen molar-refractivity contribution in [3.63, 3.8) is 0 Å². The first-order valence-electron chi connectivity index (χ1n) is 4.67. The van der Waals surface area contributed by atoms with E-state index in [2.05, 4.69) is 0 Å². The van der Waals surface area contributed by atoms with Crippen LogP contribution in [0, 0.1) is 0 Å². The van der Waals surface area contributed by atoms with E-state index in [1.165, 1.54) is 0 Å². The zero-order valence-electron chi connectivity index (χ0n) is 8.97. The minimum absolute atomic E-state index is 0.0602. The third kappa shape index (κ3) is 5.73. The van der Waals surface area contributed by atoms with Crippen molar-refractivity contribution in [1.82, 2.24) is 0 Å². The predicted octanol–water partition coefficient (Wildman–Crippen LogP) is 0.293. The van der Waals surface area contributed by atoms with Gasteiger partial charge in [0.15, 0.2) is 0 Å². The molecule has 14 heavy (non-hydrogen) atoms. The number of likely N-dealkylation sites (N-methyl/N-ethyl adjacent to an activating group) is 1. The molecule has 2 atom stereocenters. The monoisotopic (exact) mass is 224 g/mol. The molecule has 0 amide bonds. The first-order valence-corrected chi connectivity index (χ1v) is 6.43. The van der Waals surface area contributed by atoms with Gasteiger partial charge in [-0.25, -0.2) is 0 Å². The first kappa shape index (κ1) is 12.1. The number of hydrogen-bond acceptors (Lipinski definition) is 3. The zero-order chi connectivity index (χ0) is 10.8. The maximum Gasteiger partial charge on any atom is 0.331 e. The second-order valence-corrected chi connectivity index (χ2v) is 6.52. The Kier molecular flexibility index (Phi) is 3.72. The molecule has 1 heterocycles. The van der Waals surface area contributed by atoms with Crippen LogP contribution in [0.2, 0.25) is 0 Å². The van der Waals surface area contributed by atoms with Crippen LogP contribution < -0.4 is 0 Å². The van der Waals surface area contributed by atoms with Gasteiger partial charge < -0.3 is 18.6 Å². The summed E-state index contributed by atoms with van der Waals surface area (Å²) in [6, 6.07) is 0. The Morgan fingerprint density at radius 1 is 1.57 bits per heavy atom. The number of ether oxygens (including phenoxy) is 1. The second kappa shape index (κ2) is 4.29. The molecule has 0 aromatic heterocycles. The summed E-state index contributed by atoms with van der Waals surface area (Å²) in [6.07, 6.45) is 0.0689. The van der Waals surface area contributed by atoms with Crippen molar-refractivity contribution in [3.05, 3.63) is 0 Å². The molecule has 0 radical (unpaired) electrons. The summed E-state index contributed by atoms with van der Waals surface area (Å²) >= 11 is 0. The molecule has 2 unspecified atom stereocenters. The SMILES string of the molecule is C[N+](C)(C)CCOP(=O)(O)CC1CO1. The molecular weight excluding hydrogens is 205 g/mol. The maximum atomic E-state index is 11.4. The summed E-state index contributed by atoms with van der Waals surface area (Å²) < 4.78 is 22.0. The van der Waals surface area contributed by atoms with Crippen LogP contribution in [-0.2, 0) is 13.8 Å². The van der Waals surface area contributed by atoms with E-state index in [1.807, 2.05) is 21.1 Å². The third-order valence-electron chi connectivity index (χ3n) is 1.89. The molecule has 0 bridgehead atoms. The highest BCUT2D eigenvalue weighted by atomic mass is 31.2. The molecule has 0 spiro atoms. The minimum atomic E-state index is -3.41. The van der Waals surface area contributed by atoms with E-state index in [9.17, 15) is 9.46 Å². The van der Waals surface area contributed by atoms with Crippen LogP contribution in [-0.4, -0.2) is 62.5 Å². The Balaban J connectivity index is 2.18. The van der Waals surface area contributed by atoms with Crippen molar-refractivity contribution in [3.8, 4) is 0 Å². The van der Waals surface area contributed by atoms with Crippen LogP contribution in [0.5, 0.6) is 0 Å². The van der Waals surface area contributed by atoms with Crippen molar-refractivity contribution in [1.29, 1.82) is 0 Å². The lowest BCUT2D eigenvalue weighted by atomic mass is 10.5. The number of rotatable bonds is 6. The molecule has 0 saturated carbocycles. The van der Waals surface area contributed by atoms with Crippen molar-refractivity contribution < 1.29 is 23.2 Å². The van der Waals surface area contributed by atoms with E-state index in [-0.39, 0.29) is 12.3 Å². The third-order valence-corrected chi connectivity index (χ3v) is 3.35. The summed E-state index contributed by atoms with van der Waals surface area (Å²) in [6.45, 7) is 1.61. The quantitative estimate of drug-likeness (QED) is 0.400. The molecule has 1 aliphatic rings. The van der Waals surface area contributed by atoms with Crippen molar-refractivity contribution in [2.24, 2.45) is 0 Å². The van der Waals surface area contributed by atoms with Gasteiger partial charge in [-0.3, -0.25) is 4.57 Å². The summed E-state index contributed by atoms with van der Waals surface area (Å²) in [4.78, 5) is 9.37. The average Bonchev–Trinajstić information content (AvgIpc) is 2.66. The highest BCUT2D eigenvalue weighted by molar-refractivity contribution is 7.52. The maximum absolute atomic E-state index is 11.4. The van der Waals surface area contributed by atoms with E-state index >= 15 is 0 Å². The summed E-state index contributed by atoms with van der Waals surface area (Å²) in [5.74, 6) is 0. The van der Waals surface area contributed by atoms with Crippen LogP contribution in [0.25, 0.3) is 0 Å². The van der Waals surface area contributed by atoms with E-state index in [4.69, 9.17) is 9.26 Å². The smallest absolute Gasteiger partial charge is 0.331 e. The van der Waals surface area contributed by atoms with Gasteiger partial charge in [0.05, 0.1) is 40.0 Å². The largest absolute Gasteiger partial charge is 0.372 e. The Morgan fingerprint density at radius 3 is 2.57 bits per heavy atom. The van der Waals surface area contributed by atoms with Gasteiger partial charge in [0.1, 0.15) is 13.2 Å². The zero-order valence-corrected chi connectivity index (χ0v) is 9.87. The molecule has 1 N–H and O–H groups in total. The topological polar surface area (TPSA) is 59.1 Å². The molecule has 1 aliphatic heterocycles. The van der Waals surface area contributed by atoms with Gasteiger partial charge in [0, 0.05) is 0 Å². The summed E-state index contributed by atoms with van der Waals surface area (Å²) in [5.41, 5.74) is 0.